The van der Waals surface area contributed by atoms with E-state index >= 15 is 0 Å². The van der Waals surface area contributed by atoms with E-state index in [4.69, 9.17) is 4.74 Å². The summed E-state index contributed by atoms with van der Waals surface area (Å²) in [4.78, 5) is 18.4. The fourth-order valence-corrected chi connectivity index (χ4v) is 4.71. The van der Waals surface area contributed by atoms with Gasteiger partial charge in [-0.25, -0.2) is 4.98 Å². The summed E-state index contributed by atoms with van der Waals surface area (Å²) in [5.41, 5.74) is 2.82. The fraction of sp³-hybridized carbons (Fsp3) is 0.364. The Hall–Kier alpha value is -2.31. The summed E-state index contributed by atoms with van der Waals surface area (Å²) < 4.78 is 7.84. The molecule has 2 aromatic carbocycles. The average Bonchev–Trinajstić information content (AvgIpc) is 3.34. The molecular weight excluding hydrogens is 370 g/mol. The number of fused-ring (bicyclic) bond motifs is 1. The topological polar surface area (TPSA) is 56.2 Å². The number of carbonyl (C=O) groups excluding carboxylic acids is 1. The summed E-state index contributed by atoms with van der Waals surface area (Å²) in [5, 5.41) is 3.07. The van der Waals surface area contributed by atoms with Crippen LogP contribution in [0.25, 0.3) is 11.0 Å². The van der Waals surface area contributed by atoms with Crippen molar-refractivity contribution in [1.82, 2.24) is 14.9 Å². The van der Waals surface area contributed by atoms with E-state index in [9.17, 15) is 4.79 Å². The van der Waals surface area contributed by atoms with Gasteiger partial charge in [-0.3, -0.25) is 4.79 Å². The molecule has 28 heavy (non-hydrogen) atoms. The monoisotopic (exact) mass is 395 g/mol. The lowest BCUT2D eigenvalue weighted by atomic mass is 10.2. The Morgan fingerprint density at radius 1 is 1.25 bits per heavy atom. The normalized spacial score (nSPS) is 16.5. The summed E-state index contributed by atoms with van der Waals surface area (Å²) >= 11 is 1.71. The quantitative estimate of drug-likeness (QED) is 0.613. The Labute approximate surface area is 169 Å². The average molecular weight is 396 g/mol. The van der Waals surface area contributed by atoms with E-state index in [-0.39, 0.29) is 5.91 Å². The minimum absolute atomic E-state index is 0.0301. The van der Waals surface area contributed by atoms with Gasteiger partial charge in [0.05, 0.1) is 22.7 Å². The van der Waals surface area contributed by atoms with Crippen LogP contribution in [0.2, 0.25) is 0 Å². The molecule has 1 atom stereocenters. The molecule has 146 valence electrons. The largest absolute Gasteiger partial charge is 0.377 e. The van der Waals surface area contributed by atoms with E-state index in [2.05, 4.69) is 20.9 Å². The number of aromatic nitrogens is 2. The van der Waals surface area contributed by atoms with Crippen LogP contribution < -0.4 is 5.32 Å². The molecule has 1 N–H and O–H groups in total. The third-order valence-electron chi connectivity index (χ3n) is 5.05. The highest BCUT2D eigenvalue weighted by atomic mass is 32.2. The minimum atomic E-state index is -0.0301. The van der Waals surface area contributed by atoms with Gasteiger partial charge in [0, 0.05) is 30.3 Å². The van der Waals surface area contributed by atoms with Gasteiger partial charge in [0.1, 0.15) is 5.82 Å². The van der Waals surface area contributed by atoms with Crippen LogP contribution in [0.15, 0.2) is 53.4 Å². The molecule has 5 nitrogen and oxygen atoms in total. The van der Waals surface area contributed by atoms with Crippen LogP contribution in [0.3, 0.4) is 0 Å². The van der Waals surface area contributed by atoms with Crippen LogP contribution in [0.5, 0.6) is 0 Å². The van der Waals surface area contributed by atoms with E-state index in [1.54, 1.807) is 11.8 Å². The lowest BCUT2D eigenvalue weighted by Gasteiger charge is -2.13. The molecule has 6 heteroatoms. The molecule has 0 radical (unpaired) electrons. The van der Waals surface area contributed by atoms with E-state index in [1.165, 1.54) is 0 Å². The predicted molar refractivity (Wildman–Crippen MR) is 113 cm³/mol. The highest BCUT2D eigenvalue weighted by Crippen LogP contribution is 2.26. The van der Waals surface area contributed by atoms with Gasteiger partial charge in [-0.2, -0.15) is 0 Å². The van der Waals surface area contributed by atoms with E-state index in [0.717, 1.165) is 52.5 Å². The highest BCUT2D eigenvalue weighted by Gasteiger charge is 2.18. The molecule has 2 heterocycles. The van der Waals surface area contributed by atoms with Gasteiger partial charge in [0.25, 0.3) is 5.91 Å². The molecule has 0 bridgehead atoms. The van der Waals surface area contributed by atoms with Gasteiger partial charge < -0.3 is 14.6 Å². The molecule has 1 saturated heterocycles. The number of para-hydroxylation sites is 2. The van der Waals surface area contributed by atoms with Gasteiger partial charge in [-0.15, -0.1) is 11.8 Å². The first-order chi connectivity index (χ1) is 13.7. The Bertz CT molecular complexity index is 963. The molecule has 1 aliphatic heterocycles. The molecule has 0 aliphatic carbocycles. The van der Waals surface area contributed by atoms with Crippen molar-refractivity contribution in [1.29, 1.82) is 0 Å². The number of aryl methyl sites for hydroxylation is 1. The van der Waals surface area contributed by atoms with Crippen LogP contribution >= 0.6 is 11.8 Å². The lowest BCUT2D eigenvalue weighted by Crippen LogP contribution is -2.28. The van der Waals surface area contributed by atoms with Crippen molar-refractivity contribution in [2.24, 2.45) is 0 Å². The van der Waals surface area contributed by atoms with E-state index in [1.807, 2.05) is 49.4 Å². The van der Waals surface area contributed by atoms with E-state index in [0.29, 0.717) is 19.2 Å². The fourth-order valence-electron chi connectivity index (χ4n) is 3.59. The molecule has 1 fully saturated rings. The third kappa shape index (κ3) is 4.23. The zero-order valence-electron chi connectivity index (χ0n) is 16.1. The number of nitrogens with zero attached hydrogens (tertiary/aromatic N) is 2. The summed E-state index contributed by atoms with van der Waals surface area (Å²) in [6, 6.07) is 15.9. The number of imidazole rings is 1. The number of amides is 1. The highest BCUT2D eigenvalue weighted by molar-refractivity contribution is 7.99. The van der Waals surface area contributed by atoms with Gasteiger partial charge in [0.15, 0.2) is 0 Å². The number of benzene rings is 2. The predicted octanol–water partition coefficient (Wildman–Crippen LogP) is 4.05. The molecular formula is C22H25N3O2S. The maximum absolute atomic E-state index is 12.8. The van der Waals surface area contributed by atoms with Crippen molar-refractivity contribution < 1.29 is 9.53 Å². The Morgan fingerprint density at radius 2 is 2.07 bits per heavy atom. The van der Waals surface area contributed by atoms with Crippen molar-refractivity contribution in [3.63, 3.8) is 0 Å². The molecule has 1 amide bonds. The first-order valence-electron chi connectivity index (χ1n) is 9.76. The maximum atomic E-state index is 12.8. The third-order valence-corrected chi connectivity index (χ3v) is 6.25. The zero-order valence-corrected chi connectivity index (χ0v) is 16.9. The number of carbonyl (C=O) groups is 1. The molecule has 0 unspecified atom stereocenters. The number of rotatable bonds is 7. The van der Waals surface area contributed by atoms with Crippen molar-refractivity contribution in [3.05, 3.63) is 59.9 Å². The van der Waals surface area contributed by atoms with Crippen LogP contribution in [-0.4, -0.2) is 40.5 Å². The van der Waals surface area contributed by atoms with Crippen LogP contribution in [0.4, 0.5) is 0 Å². The van der Waals surface area contributed by atoms with Gasteiger partial charge in [-0.1, -0.05) is 24.3 Å². The summed E-state index contributed by atoms with van der Waals surface area (Å²) in [7, 11) is 0. The Morgan fingerprint density at radius 3 is 2.93 bits per heavy atom. The van der Waals surface area contributed by atoms with Crippen molar-refractivity contribution >= 4 is 28.7 Å². The van der Waals surface area contributed by atoms with Crippen LogP contribution in [-0.2, 0) is 11.3 Å². The SMILES string of the molecule is Cc1nc2ccccc2n1CCNC(=O)c1ccccc1SC[C@@H]1CCCO1. The first kappa shape index (κ1) is 19.0. The van der Waals surface area contributed by atoms with Crippen molar-refractivity contribution in [2.45, 2.75) is 37.3 Å². The summed E-state index contributed by atoms with van der Waals surface area (Å²) in [6.07, 6.45) is 2.55. The molecule has 0 saturated carbocycles. The minimum Gasteiger partial charge on any atom is -0.377 e. The number of hydrogen-bond donors (Lipinski definition) is 1. The maximum Gasteiger partial charge on any atom is 0.252 e. The summed E-state index contributed by atoms with van der Waals surface area (Å²) in [6.45, 7) is 4.11. The molecule has 4 rings (SSSR count). The second-order valence-corrected chi connectivity index (χ2v) is 8.06. The van der Waals surface area contributed by atoms with Gasteiger partial charge in [-0.05, 0) is 44.0 Å². The smallest absolute Gasteiger partial charge is 0.252 e. The molecule has 3 aromatic rings. The Balaban J connectivity index is 1.38. The van der Waals surface area contributed by atoms with Crippen LogP contribution in [0, 0.1) is 6.92 Å². The number of nitrogens with one attached hydrogen (secondary N) is 1. The number of ether oxygens (including phenoxy) is 1. The number of thioether (sulfide) groups is 1. The van der Waals surface area contributed by atoms with Crippen LogP contribution in [0.1, 0.15) is 29.0 Å². The summed E-state index contributed by atoms with van der Waals surface area (Å²) in [5.74, 6) is 1.82. The first-order valence-corrected chi connectivity index (χ1v) is 10.7. The van der Waals surface area contributed by atoms with Crippen molar-refractivity contribution in [2.75, 3.05) is 18.9 Å². The second kappa shape index (κ2) is 8.80. The lowest BCUT2D eigenvalue weighted by molar-refractivity contribution is 0.0949. The van der Waals surface area contributed by atoms with Crippen molar-refractivity contribution in [3.8, 4) is 0 Å². The van der Waals surface area contributed by atoms with Gasteiger partial charge >= 0.3 is 0 Å². The molecule has 1 aromatic heterocycles. The second-order valence-electron chi connectivity index (χ2n) is 7.00. The van der Waals surface area contributed by atoms with Gasteiger partial charge in [0.2, 0.25) is 0 Å². The number of hydrogen-bond acceptors (Lipinski definition) is 4. The zero-order chi connectivity index (χ0) is 19.3. The standard InChI is InChI=1S/C22H25N3O2S/c1-16-24-19-9-3-4-10-20(19)25(16)13-12-23-22(26)18-8-2-5-11-21(18)28-15-17-7-6-14-27-17/h2-5,8-11,17H,6-7,12-15H2,1H3,(H,23,26)/t17-/m0/s1. The molecule has 0 spiro atoms. The molecule has 1 aliphatic rings. The van der Waals surface area contributed by atoms with E-state index < -0.39 is 0 Å². The Kier molecular flexibility index (Phi) is 5.98.